The second-order valence-electron chi connectivity index (χ2n) is 7.24. The molecule has 1 aliphatic heterocycles. The summed E-state index contributed by atoms with van der Waals surface area (Å²) in [5, 5.41) is 0. The van der Waals surface area contributed by atoms with Gasteiger partial charge in [0.2, 0.25) is 5.78 Å². The molecule has 9 heteroatoms. The fourth-order valence-corrected chi connectivity index (χ4v) is 4.87. The number of ether oxygens (including phenoxy) is 1. The predicted molar refractivity (Wildman–Crippen MR) is 106 cm³/mol. The van der Waals surface area contributed by atoms with E-state index in [2.05, 4.69) is 14.3 Å². The maximum Gasteiger partial charge on any atom is 0.328 e. The fourth-order valence-electron chi connectivity index (χ4n) is 3.62. The molecule has 1 aromatic carbocycles. The van der Waals surface area contributed by atoms with Gasteiger partial charge in [0.05, 0.1) is 4.90 Å². The highest BCUT2D eigenvalue weighted by atomic mass is 32.2. The average molecular weight is 415 g/mol. The molecule has 4 rings (SSSR count). The summed E-state index contributed by atoms with van der Waals surface area (Å²) in [5.74, 6) is -0.875. The highest BCUT2D eigenvalue weighted by molar-refractivity contribution is 7.90. The Morgan fingerprint density at radius 3 is 2.69 bits per heavy atom. The molecular weight excluding hydrogens is 394 g/mol. The molecule has 1 saturated carbocycles. The highest BCUT2D eigenvalue weighted by Crippen LogP contribution is 2.38. The number of carbonyl (C=O) groups excluding carboxylic acids is 2. The highest BCUT2D eigenvalue weighted by Gasteiger charge is 2.30. The molecule has 0 unspecified atom stereocenters. The Bertz CT molecular complexity index is 1140. The van der Waals surface area contributed by atoms with Crippen LogP contribution in [0.5, 0.6) is 0 Å². The van der Waals surface area contributed by atoms with E-state index in [4.69, 9.17) is 4.74 Å². The van der Waals surface area contributed by atoms with Gasteiger partial charge in [0, 0.05) is 28.6 Å². The number of amidine groups is 1. The zero-order chi connectivity index (χ0) is 20.8. The second-order valence-corrected chi connectivity index (χ2v) is 8.89. The summed E-state index contributed by atoms with van der Waals surface area (Å²) in [6.45, 7) is 3.10. The number of esters is 1. The molecule has 2 aromatic rings. The van der Waals surface area contributed by atoms with Gasteiger partial charge in [0.15, 0.2) is 6.61 Å². The molecule has 1 fully saturated rings. The number of rotatable bonds is 6. The number of ketones is 1. The molecule has 29 heavy (non-hydrogen) atoms. The number of aliphatic imine (C=N–C) groups is 1. The largest absolute Gasteiger partial charge is 0.456 e. The van der Waals surface area contributed by atoms with Gasteiger partial charge in [0.1, 0.15) is 12.4 Å². The van der Waals surface area contributed by atoms with Gasteiger partial charge in [-0.1, -0.05) is 12.1 Å². The van der Waals surface area contributed by atoms with Crippen molar-refractivity contribution in [1.82, 2.24) is 9.29 Å². The number of aromatic nitrogens is 1. The van der Waals surface area contributed by atoms with Crippen LogP contribution in [0.3, 0.4) is 0 Å². The number of fused-ring (bicyclic) bond motifs is 1. The maximum atomic E-state index is 12.5. The van der Waals surface area contributed by atoms with Crippen LogP contribution in [0.1, 0.15) is 46.2 Å². The molecule has 0 bridgehead atoms. The molecule has 1 aromatic heterocycles. The second kappa shape index (κ2) is 7.14. The Morgan fingerprint density at radius 1 is 1.24 bits per heavy atom. The summed E-state index contributed by atoms with van der Waals surface area (Å²) >= 11 is 0. The van der Waals surface area contributed by atoms with Crippen molar-refractivity contribution in [2.24, 2.45) is 4.99 Å². The molecular formula is C20H21N3O5S. The first-order valence-electron chi connectivity index (χ1n) is 9.32. The molecule has 1 N–H and O–H groups in total. The van der Waals surface area contributed by atoms with Gasteiger partial charge in [-0.2, -0.15) is 0 Å². The topological polar surface area (TPSA) is 107 Å². The molecule has 0 amide bonds. The Morgan fingerprint density at radius 2 is 1.97 bits per heavy atom. The first-order valence-corrected chi connectivity index (χ1v) is 10.8. The summed E-state index contributed by atoms with van der Waals surface area (Å²) in [5.41, 5.74) is 2.89. The van der Waals surface area contributed by atoms with Crippen LogP contribution in [0.25, 0.3) is 0 Å². The molecule has 2 heterocycles. The number of nitrogens with zero attached hydrogens (tertiary/aromatic N) is 2. The van der Waals surface area contributed by atoms with Crippen molar-refractivity contribution in [1.29, 1.82) is 0 Å². The van der Waals surface area contributed by atoms with Crippen LogP contribution in [0, 0.1) is 13.8 Å². The zero-order valence-electron chi connectivity index (χ0n) is 16.1. The maximum absolute atomic E-state index is 12.5. The number of hydrogen-bond acceptors (Lipinski definition) is 6. The molecule has 1 aliphatic carbocycles. The summed E-state index contributed by atoms with van der Waals surface area (Å²) in [6.07, 6.45) is 2.23. The third-order valence-corrected chi connectivity index (χ3v) is 6.49. The molecule has 0 saturated heterocycles. The van der Waals surface area contributed by atoms with Crippen molar-refractivity contribution in [2.75, 3.05) is 13.2 Å². The smallest absolute Gasteiger partial charge is 0.328 e. The van der Waals surface area contributed by atoms with Crippen molar-refractivity contribution < 1.29 is 22.7 Å². The van der Waals surface area contributed by atoms with Crippen molar-refractivity contribution in [3.05, 3.63) is 52.8 Å². The van der Waals surface area contributed by atoms with Gasteiger partial charge >= 0.3 is 5.97 Å². The van der Waals surface area contributed by atoms with E-state index in [1.807, 2.05) is 19.9 Å². The van der Waals surface area contributed by atoms with Gasteiger partial charge in [-0.25, -0.2) is 8.42 Å². The lowest BCUT2D eigenvalue weighted by atomic mass is 10.1. The molecule has 0 spiro atoms. The van der Waals surface area contributed by atoms with Crippen LogP contribution in [0.15, 0.2) is 40.2 Å². The molecule has 2 aliphatic rings. The van der Waals surface area contributed by atoms with Gasteiger partial charge in [-0.3, -0.25) is 19.3 Å². The molecule has 0 atom stereocenters. The van der Waals surface area contributed by atoms with E-state index in [-0.39, 0.29) is 29.7 Å². The van der Waals surface area contributed by atoms with Crippen LogP contribution >= 0.6 is 0 Å². The zero-order valence-corrected chi connectivity index (χ0v) is 17.0. The Hall–Kier alpha value is -2.94. The minimum atomic E-state index is -3.66. The quantitative estimate of drug-likeness (QED) is 0.573. The first kappa shape index (κ1) is 19.4. The van der Waals surface area contributed by atoms with E-state index in [0.717, 1.165) is 24.2 Å². The SMILES string of the molecule is Cc1cc(C(=O)COC(=O)CN=C2NS(=O)(=O)c3ccccc32)c(C)n1C1CC1. The summed E-state index contributed by atoms with van der Waals surface area (Å²) < 4.78 is 33.6. The van der Waals surface area contributed by atoms with Gasteiger partial charge in [-0.15, -0.1) is 0 Å². The molecule has 152 valence electrons. The fraction of sp³-hybridized carbons (Fsp3) is 0.350. The minimum Gasteiger partial charge on any atom is -0.456 e. The predicted octanol–water partition coefficient (Wildman–Crippen LogP) is 1.90. The number of carbonyl (C=O) groups is 2. The third-order valence-electron chi connectivity index (χ3n) is 5.09. The lowest BCUT2D eigenvalue weighted by Gasteiger charge is -2.07. The van der Waals surface area contributed by atoms with Crippen LogP contribution in [-0.4, -0.2) is 43.7 Å². The van der Waals surface area contributed by atoms with E-state index in [1.165, 1.54) is 6.07 Å². The van der Waals surface area contributed by atoms with Gasteiger partial charge in [-0.05, 0) is 44.9 Å². The number of sulfonamides is 1. The van der Waals surface area contributed by atoms with E-state index < -0.39 is 16.0 Å². The van der Waals surface area contributed by atoms with E-state index in [0.29, 0.717) is 17.2 Å². The summed E-state index contributed by atoms with van der Waals surface area (Å²) in [6, 6.07) is 8.67. The van der Waals surface area contributed by atoms with Gasteiger partial charge < -0.3 is 9.30 Å². The average Bonchev–Trinajstić information content (AvgIpc) is 3.42. The normalized spacial score (nSPS) is 18.3. The van der Waals surface area contributed by atoms with Crippen LogP contribution in [-0.2, 0) is 19.6 Å². The van der Waals surface area contributed by atoms with Crippen LogP contribution < -0.4 is 4.72 Å². The molecule has 8 nitrogen and oxygen atoms in total. The van der Waals surface area contributed by atoms with Crippen molar-refractivity contribution in [3.63, 3.8) is 0 Å². The number of hydrogen-bond donors (Lipinski definition) is 1. The van der Waals surface area contributed by atoms with Crippen molar-refractivity contribution in [2.45, 2.75) is 37.6 Å². The van der Waals surface area contributed by atoms with Crippen molar-refractivity contribution in [3.8, 4) is 0 Å². The number of aryl methyl sites for hydroxylation is 1. The Balaban J connectivity index is 1.38. The Kier molecular flexibility index (Phi) is 4.77. The van der Waals surface area contributed by atoms with Crippen molar-refractivity contribution >= 4 is 27.6 Å². The number of benzene rings is 1. The van der Waals surface area contributed by atoms with E-state index >= 15 is 0 Å². The summed E-state index contributed by atoms with van der Waals surface area (Å²) in [4.78, 5) is 28.6. The summed E-state index contributed by atoms with van der Waals surface area (Å²) in [7, 11) is -3.66. The third kappa shape index (κ3) is 3.69. The number of Topliss-reactive ketones (excluding diaryl/α,β-unsaturated/α-hetero) is 1. The lowest BCUT2D eigenvalue weighted by molar-refractivity contribution is -0.140. The monoisotopic (exact) mass is 415 g/mol. The number of nitrogens with one attached hydrogen (secondary N) is 1. The van der Waals surface area contributed by atoms with Gasteiger partial charge in [0.25, 0.3) is 10.0 Å². The Labute approximate surface area is 168 Å². The molecule has 0 radical (unpaired) electrons. The first-order chi connectivity index (χ1) is 13.8. The van der Waals surface area contributed by atoms with Crippen LogP contribution in [0.4, 0.5) is 0 Å². The standard InChI is InChI=1S/C20H21N3O5S/c1-12-9-16(13(2)23(12)14-7-8-14)17(24)11-28-19(25)10-21-20-15-5-3-4-6-18(15)29(26,27)22-20/h3-6,9,14H,7-8,10-11H2,1-2H3,(H,21,22). The van der Waals surface area contributed by atoms with Crippen LogP contribution in [0.2, 0.25) is 0 Å². The van der Waals surface area contributed by atoms with E-state index in [1.54, 1.807) is 18.2 Å². The lowest BCUT2D eigenvalue weighted by Crippen LogP contribution is -2.24. The van der Waals surface area contributed by atoms with E-state index in [9.17, 15) is 18.0 Å². The minimum absolute atomic E-state index is 0.0943.